The maximum Gasteiger partial charge on any atom is 0.220 e. The second kappa shape index (κ2) is 7.49. The second-order valence-corrected chi connectivity index (χ2v) is 7.57. The van der Waals surface area contributed by atoms with E-state index in [1.807, 2.05) is 18.2 Å². The summed E-state index contributed by atoms with van der Waals surface area (Å²) in [6.07, 6.45) is 2.99. The molecule has 0 radical (unpaired) electrons. The molecule has 0 aliphatic carbocycles. The smallest absolute Gasteiger partial charge is 0.220 e. The molecule has 6 nitrogen and oxygen atoms in total. The Bertz CT molecular complexity index is 627. The standard InChI is InChI=1S/C15H21NO5S/c1-22(18,19)10-7-16-15(17)4-2-3-12-5-6-13-14(11-12)21-9-8-20-13/h5-6,11H,2-4,7-10H2,1H3,(H,16,17). The van der Waals surface area contributed by atoms with Crippen LogP contribution in [0, 0.1) is 0 Å². The van der Waals surface area contributed by atoms with E-state index in [2.05, 4.69) is 5.32 Å². The van der Waals surface area contributed by atoms with Crippen LogP contribution >= 0.6 is 0 Å². The van der Waals surface area contributed by atoms with Gasteiger partial charge in [-0.2, -0.15) is 0 Å². The molecule has 1 aliphatic heterocycles. The highest BCUT2D eigenvalue weighted by molar-refractivity contribution is 7.90. The zero-order valence-corrected chi connectivity index (χ0v) is 13.4. The number of carbonyl (C=O) groups excluding carboxylic acids is 1. The van der Waals surface area contributed by atoms with Gasteiger partial charge in [-0.1, -0.05) is 6.07 Å². The highest BCUT2D eigenvalue weighted by Crippen LogP contribution is 2.31. The van der Waals surface area contributed by atoms with Crippen LogP contribution in [-0.4, -0.2) is 46.1 Å². The third kappa shape index (κ3) is 5.55. The summed E-state index contributed by atoms with van der Waals surface area (Å²) in [5.74, 6) is 1.36. The quantitative estimate of drug-likeness (QED) is 0.806. The lowest BCUT2D eigenvalue weighted by Crippen LogP contribution is -2.28. The Hall–Kier alpha value is -1.76. The van der Waals surface area contributed by atoms with Crippen molar-refractivity contribution in [1.29, 1.82) is 0 Å². The molecule has 1 aliphatic rings. The van der Waals surface area contributed by atoms with Crippen molar-refractivity contribution >= 4 is 15.7 Å². The molecule has 1 N–H and O–H groups in total. The molecule has 122 valence electrons. The average Bonchev–Trinajstić information content (AvgIpc) is 2.46. The van der Waals surface area contributed by atoms with Crippen LogP contribution in [0.25, 0.3) is 0 Å². The average molecular weight is 327 g/mol. The van der Waals surface area contributed by atoms with Gasteiger partial charge in [0.05, 0.1) is 5.75 Å². The predicted molar refractivity (Wildman–Crippen MR) is 83.1 cm³/mol. The zero-order valence-electron chi connectivity index (χ0n) is 12.6. The molecule has 0 atom stereocenters. The number of fused-ring (bicyclic) bond motifs is 1. The lowest BCUT2D eigenvalue weighted by atomic mass is 10.1. The van der Waals surface area contributed by atoms with Gasteiger partial charge in [-0.25, -0.2) is 8.42 Å². The van der Waals surface area contributed by atoms with Crippen LogP contribution in [0.4, 0.5) is 0 Å². The van der Waals surface area contributed by atoms with Crippen molar-refractivity contribution < 1.29 is 22.7 Å². The number of carbonyl (C=O) groups is 1. The maximum absolute atomic E-state index is 11.6. The van der Waals surface area contributed by atoms with Crippen LogP contribution in [0.1, 0.15) is 18.4 Å². The number of ether oxygens (including phenoxy) is 2. The molecule has 1 aromatic carbocycles. The second-order valence-electron chi connectivity index (χ2n) is 5.31. The first-order valence-corrected chi connectivity index (χ1v) is 9.33. The van der Waals surface area contributed by atoms with Crippen molar-refractivity contribution in [3.63, 3.8) is 0 Å². The van der Waals surface area contributed by atoms with Crippen molar-refractivity contribution in [2.75, 3.05) is 31.8 Å². The van der Waals surface area contributed by atoms with Gasteiger partial charge in [0.2, 0.25) is 5.91 Å². The van der Waals surface area contributed by atoms with Crippen LogP contribution in [0.15, 0.2) is 18.2 Å². The molecule has 0 saturated heterocycles. The number of sulfone groups is 1. The van der Waals surface area contributed by atoms with Crippen molar-refractivity contribution in [1.82, 2.24) is 5.32 Å². The molecule has 7 heteroatoms. The van der Waals surface area contributed by atoms with E-state index in [4.69, 9.17) is 9.47 Å². The fourth-order valence-electron chi connectivity index (χ4n) is 2.16. The van der Waals surface area contributed by atoms with Gasteiger partial charge in [-0.05, 0) is 30.5 Å². The number of aryl methyl sites for hydroxylation is 1. The summed E-state index contributed by atoms with van der Waals surface area (Å²) in [6.45, 7) is 1.29. The van der Waals surface area contributed by atoms with Gasteiger partial charge in [0.25, 0.3) is 0 Å². The molecule has 0 bridgehead atoms. The highest BCUT2D eigenvalue weighted by Gasteiger charge is 2.12. The molecule has 1 amide bonds. The first-order chi connectivity index (χ1) is 10.4. The summed E-state index contributed by atoms with van der Waals surface area (Å²) in [6, 6.07) is 5.79. The van der Waals surface area contributed by atoms with Gasteiger partial charge >= 0.3 is 0 Å². The third-order valence-electron chi connectivity index (χ3n) is 3.27. The molecule has 0 unspecified atom stereocenters. The fraction of sp³-hybridized carbons (Fsp3) is 0.533. The van der Waals surface area contributed by atoms with E-state index in [1.165, 1.54) is 0 Å². The summed E-state index contributed by atoms with van der Waals surface area (Å²) in [5.41, 5.74) is 1.09. The van der Waals surface area contributed by atoms with Gasteiger partial charge in [-0.3, -0.25) is 4.79 Å². The fourth-order valence-corrected chi connectivity index (χ4v) is 2.63. The first kappa shape index (κ1) is 16.6. The zero-order chi connectivity index (χ0) is 16.0. The van der Waals surface area contributed by atoms with Crippen molar-refractivity contribution in [2.45, 2.75) is 19.3 Å². The van der Waals surface area contributed by atoms with E-state index in [1.54, 1.807) is 0 Å². The number of rotatable bonds is 7. The number of hydrogen-bond acceptors (Lipinski definition) is 5. The number of benzene rings is 1. The van der Waals surface area contributed by atoms with E-state index >= 15 is 0 Å². The molecule has 0 aromatic heterocycles. The third-order valence-corrected chi connectivity index (χ3v) is 4.22. The van der Waals surface area contributed by atoms with E-state index in [-0.39, 0.29) is 18.2 Å². The topological polar surface area (TPSA) is 81.7 Å². The van der Waals surface area contributed by atoms with Crippen LogP contribution < -0.4 is 14.8 Å². The largest absolute Gasteiger partial charge is 0.486 e. The van der Waals surface area contributed by atoms with Gasteiger partial charge in [0.15, 0.2) is 11.5 Å². The molecule has 0 saturated carbocycles. The number of amides is 1. The Morgan fingerprint density at radius 1 is 1.23 bits per heavy atom. The van der Waals surface area contributed by atoms with Gasteiger partial charge in [-0.15, -0.1) is 0 Å². The maximum atomic E-state index is 11.6. The Labute approximate surface area is 130 Å². The monoisotopic (exact) mass is 327 g/mol. The molecule has 0 spiro atoms. The molecule has 2 rings (SSSR count). The van der Waals surface area contributed by atoms with Gasteiger partial charge < -0.3 is 14.8 Å². The molecule has 22 heavy (non-hydrogen) atoms. The van der Waals surface area contributed by atoms with E-state index in [0.717, 1.165) is 29.7 Å². The number of nitrogens with one attached hydrogen (secondary N) is 1. The van der Waals surface area contributed by atoms with Gasteiger partial charge in [0, 0.05) is 19.2 Å². The van der Waals surface area contributed by atoms with Gasteiger partial charge in [0.1, 0.15) is 23.1 Å². The van der Waals surface area contributed by atoms with E-state index in [9.17, 15) is 13.2 Å². The summed E-state index contributed by atoms with van der Waals surface area (Å²) < 4.78 is 32.9. The Morgan fingerprint density at radius 2 is 1.95 bits per heavy atom. The lowest BCUT2D eigenvalue weighted by Gasteiger charge is -2.18. The molecule has 0 fully saturated rings. The van der Waals surface area contributed by atoms with Crippen LogP contribution in [0.3, 0.4) is 0 Å². The SMILES string of the molecule is CS(=O)(=O)CCNC(=O)CCCc1ccc2c(c1)OCCO2. The summed E-state index contributed by atoms with van der Waals surface area (Å²) in [5, 5.41) is 2.61. The Kier molecular flexibility index (Phi) is 5.65. The van der Waals surface area contributed by atoms with Crippen molar-refractivity contribution in [3.8, 4) is 11.5 Å². The molecule has 1 aromatic rings. The first-order valence-electron chi connectivity index (χ1n) is 7.27. The minimum atomic E-state index is -3.03. The van der Waals surface area contributed by atoms with E-state index in [0.29, 0.717) is 26.1 Å². The highest BCUT2D eigenvalue weighted by atomic mass is 32.2. The summed E-state index contributed by atoms with van der Waals surface area (Å²) in [4.78, 5) is 11.6. The molecular formula is C15H21NO5S. The summed E-state index contributed by atoms with van der Waals surface area (Å²) in [7, 11) is -3.03. The van der Waals surface area contributed by atoms with E-state index < -0.39 is 9.84 Å². The minimum Gasteiger partial charge on any atom is -0.486 e. The van der Waals surface area contributed by atoms with Crippen molar-refractivity contribution in [3.05, 3.63) is 23.8 Å². The normalized spacial score (nSPS) is 13.7. The summed E-state index contributed by atoms with van der Waals surface area (Å²) >= 11 is 0. The Morgan fingerprint density at radius 3 is 2.68 bits per heavy atom. The van der Waals surface area contributed by atoms with Crippen LogP contribution in [0.5, 0.6) is 11.5 Å². The number of hydrogen-bond donors (Lipinski definition) is 1. The van der Waals surface area contributed by atoms with Crippen molar-refractivity contribution in [2.24, 2.45) is 0 Å². The lowest BCUT2D eigenvalue weighted by molar-refractivity contribution is -0.121. The molecular weight excluding hydrogens is 306 g/mol. The molecule has 1 heterocycles. The predicted octanol–water partition coefficient (Wildman–Crippen LogP) is 0.941. The van der Waals surface area contributed by atoms with Crippen LogP contribution in [-0.2, 0) is 21.1 Å². The van der Waals surface area contributed by atoms with Crippen LogP contribution in [0.2, 0.25) is 0 Å². The minimum absolute atomic E-state index is 0.0269. The Balaban J connectivity index is 1.71.